The number of aromatic nitrogens is 2. The number of rotatable bonds is 4. The van der Waals surface area contributed by atoms with Crippen LogP contribution in [0.3, 0.4) is 0 Å². The zero-order valence-corrected chi connectivity index (χ0v) is 11.6. The Morgan fingerprint density at radius 2 is 2.11 bits per heavy atom. The van der Waals surface area contributed by atoms with Gasteiger partial charge in [0.05, 0.1) is 5.69 Å². The fourth-order valence-electron chi connectivity index (χ4n) is 2.75. The van der Waals surface area contributed by atoms with Gasteiger partial charge in [-0.3, -0.25) is 5.10 Å². The maximum Gasteiger partial charge on any atom is 0.0650 e. The number of hydrogen-bond donors (Lipinski definition) is 2. The first-order valence-corrected chi connectivity index (χ1v) is 7.08. The average Bonchev–Trinajstić information content (AvgIpc) is 2.87. The molecular formula is C16H21N3. The zero-order chi connectivity index (χ0) is 13.2. The van der Waals surface area contributed by atoms with Gasteiger partial charge in [0.25, 0.3) is 0 Å². The van der Waals surface area contributed by atoms with Crippen LogP contribution in [0.15, 0.2) is 36.5 Å². The summed E-state index contributed by atoms with van der Waals surface area (Å²) in [7, 11) is 0. The van der Waals surface area contributed by atoms with Crippen LogP contribution in [-0.4, -0.2) is 16.2 Å². The van der Waals surface area contributed by atoms with Gasteiger partial charge in [0.15, 0.2) is 0 Å². The van der Waals surface area contributed by atoms with Gasteiger partial charge in [-0.15, -0.1) is 0 Å². The predicted molar refractivity (Wildman–Crippen MR) is 79.0 cm³/mol. The molecule has 0 spiro atoms. The third-order valence-electron chi connectivity index (χ3n) is 4.16. The van der Waals surface area contributed by atoms with E-state index < -0.39 is 0 Å². The molecule has 100 valence electrons. The van der Waals surface area contributed by atoms with Crippen LogP contribution < -0.4 is 5.32 Å². The SMILES string of the molecule is CC(C)C1CC(Nc2cccc(-c3ccn[nH]3)c2)C1. The molecule has 1 aromatic heterocycles. The highest BCUT2D eigenvalue weighted by Gasteiger charge is 2.30. The molecule has 2 N–H and O–H groups in total. The molecule has 1 fully saturated rings. The lowest BCUT2D eigenvalue weighted by molar-refractivity contribution is 0.212. The molecule has 0 radical (unpaired) electrons. The molecule has 1 heterocycles. The largest absolute Gasteiger partial charge is 0.382 e. The maximum absolute atomic E-state index is 4.00. The monoisotopic (exact) mass is 255 g/mol. The Kier molecular flexibility index (Phi) is 3.28. The van der Waals surface area contributed by atoms with Crippen molar-refractivity contribution in [1.82, 2.24) is 10.2 Å². The summed E-state index contributed by atoms with van der Waals surface area (Å²) >= 11 is 0. The van der Waals surface area contributed by atoms with Crippen LogP contribution in [-0.2, 0) is 0 Å². The highest BCUT2D eigenvalue weighted by Crippen LogP contribution is 2.35. The van der Waals surface area contributed by atoms with Gasteiger partial charge in [0.2, 0.25) is 0 Å². The van der Waals surface area contributed by atoms with E-state index in [1.54, 1.807) is 6.20 Å². The van der Waals surface area contributed by atoms with Crippen molar-refractivity contribution in [2.75, 3.05) is 5.32 Å². The Balaban J connectivity index is 1.65. The second-order valence-corrected chi connectivity index (χ2v) is 5.87. The van der Waals surface area contributed by atoms with Crippen molar-refractivity contribution in [2.24, 2.45) is 11.8 Å². The smallest absolute Gasteiger partial charge is 0.0650 e. The zero-order valence-electron chi connectivity index (χ0n) is 11.6. The lowest BCUT2D eigenvalue weighted by Crippen LogP contribution is -2.37. The van der Waals surface area contributed by atoms with E-state index >= 15 is 0 Å². The van der Waals surface area contributed by atoms with Gasteiger partial charge in [-0.05, 0) is 42.9 Å². The van der Waals surface area contributed by atoms with Gasteiger partial charge < -0.3 is 5.32 Å². The van der Waals surface area contributed by atoms with Crippen molar-refractivity contribution < 1.29 is 0 Å². The van der Waals surface area contributed by atoms with E-state index in [2.05, 4.69) is 53.6 Å². The molecule has 2 aromatic rings. The molecular weight excluding hydrogens is 234 g/mol. The Morgan fingerprint density at radius 1 is 1.26 bits per heavy atom. The highest BCUT2D eigenvalue weighted by atomic mass is 15.1. The van der Waals surface area contributed by atoms with Crippen molar-refractivity contribution in [3.05, 3.63) is 36.5 Å². The molecule has 0 unspecified atom stereocenters. The first kappa shape index (κ1) is 12.3. The van der Waals surface area contributed by atoms with Crippen molar-refractivity contribution >= 4 is 5.69 Å². The first-order valence-electron chi connectivity index (χ1n) is 7.08. The fourth-order valence-corrected chi connectivity index (χ4v) is 2.75. The van der Waals surface area contributed by atoms with Gasteiger partial charge in [0.1, 0.15) is 0 Å². The van der Waals surface area contributed by atoms with E-state index in [4.69, 9.17) is 0 Å². The van der Waals surface area contributed by atoms with E-state index in [1.807, 2.05) is 6.07 Å². The van der Waals surface area contributed by atoms with Gasteiger partial charge in [0, 0.05) is 23.5 Å². The summed E-state index contributed by atoms with van der Waals surface area (Å²) in [4.78, 5) is 0. The van der Waals surface area contributed by atoms with Crippen LogP contribution >= 0.6 is 0 Å². The van der Waals surface area contributed by atoms with Crippen LogP contribution in [0.25, 0.3) is 11.3 Å². The Bertz CT molecular complexity index is 525. The number of hydrogen-bond acceptors (Lipinski definition) is 2. The average molecular weight is 255 g/mol. The van der Waals surface area contributed by atoms with E-state index in [1.165, 1.54) is 24.1 Å². The van der Waals surface area contributed by atoms with Gasteiger partial charge in [-0.2, -0.15) is 5.10 Å². The number of nitrogens with one attached hydrogen (secondary N) is 2. The standard InChI is InChI=1S/C16H21N3/c1-11(2)13-9-15(10-13)18-14-5-3-4-12(8-14)16-6-7-17-19-16/h3-8,11,13,15,18H,9-10H2,1-2H3,(H,17,19). The predicted octanol–water partition coefficient (Wildman–Crippen LogP) is 3.92. The quantitative estimate of drug-likeness (QED) is 0.869. The summed E-state index contributed by atoms with van der Waals surface area (Å²) in [6, 6.07) is 11.2. The normalized spacial score (nSPS) is 22.3. The highest BCUT2D eigenvalue weighted by molar-refractivity contribution is 5.64. The van der Waals surface area contributed by atoms with Crippen LogP contribution in [0.1, 0.15) is 26.7 Å². The molecule has 1 saturated carbocycles. The molecule has 0 bridgehead atoms. The van der Waals surface area contributed by atoms with Crippen molar-refractivity contribution in [3.63, 3.8) is 0 Å². The third-order valence-corrected chi connectivity index (χ3v) is 4.16. The molecule has 0 amide bonds. The van der Waals surface area contributed by atoms with Crippen LogP contribution in [0, 0.1) is 11.8 Å². The molecule has 19 heavy (non-hydrogen) atoms. The molecule has 1 aliphatic carbocycles. The van der Waals surface area contributed by atoms with Crippen molar-refractivity contribution in [3.8, 4) is 11.3 Å². The van der Waals surface area contributed by atoms with E-state index in [0.29, 0.717) is 6.04 Å². The van der Waals surface area contributed by atoms with Crippen molar-refractivity contribution in [2.45, 2.75) is 32.7 Å². The maximum atomic E-state index is 4.00. The molecule has 1 aliphatic rings. The second-order valence-electron chi connectivity index (χ2n) is 5.87. The third kappa shape index (κ3) is 2.65. The summed E-state index contributed by atoms with van der Waals surface area (Å²) in [5.41, 5.74) is 3.46. The van der Waals surface area contributed by atoms with Gasteiger partial charge >= 0.3 is 0 Å². The Labute approximate surface area is 114 Å². The van der Waals surface area contributed by atoms with Crippen molar-refractivity contribution in [1.29, 1.82) is 0 Å². The molecule has 1 aromatic carbocycles. The summed E-state index contributed by atoms with van der Waals surface area (Å²) in [6.07, 6.45) is 4.38. The van der Waals surface area contributed by atoms with Gasteiger partial charge in [-0.1, -0.05) is 26.0 Å². The minimum absolute atomic E-state index is 0.643. The molecule has 0 aliphatic heterocycles. The Morgan fingerprint density at radius 3 is 2.79 bits per heavy atom. The van der Waals surface area contributed by atoms with Crippen LogP contribution in [0.4, 0.5) is 5.69 Å². The van der Waals surface area contributed by atoms with Crippen LogP contribution in [0.2, 0.25) is 0 Å². The minimum atomic E-state index is 0.643. The first-order chi connectivity index (χ1) is 9.22. The lowest BCUT2D eigenvalue weighted by Gasteiger charge is -2.39. The van der Waals surface area contributed by atoms with Gasteiger partial charge in [-0.25, -0.2) is 0 Å². The molecule has 3 rings (SSSR count). The molecule has 0 saturated heterocycles. The number of anilines is 1. The van der Waals surface area contributed by atoms with E-state index in [0.717, 1.165) is 17.5 Å². The Hall–Kier alpha value is -1.77. The van der Waals surface area contributed by atoms with E-state index in [-0.39, 0.29) is 0 Å². The molecule has 3 nitrogen and oxygen atoms in total. The topological polar surface area (TPSA) is 40.7 Å². The second kappa shape index (κ2) is 5.08. The lowest BCUT2D eigenvalue weighted by atomic mass is 9.73. The summed E-state index contributed by atoms with van der Waals surface area (Å²) < 4.78 is 0. The summed E-state index contributed by atoms with van der Waals surface area (Å²) in [5, 5.41) is 10.6. The molecule has 3 heteroatoms. The minimum Gasteiger partial charge on any atom is -0.382 e. The summed E-state index contributed by atoms with van der Waals surface area (Å²) in [6.45, 7) is 4.64. The van der Waals surface area contributed by atoms with E-state index in [9.17, 15) is 0 Å². The number of nitrogens with zero attached hydrogens (tertiary/aromatic N) is 1. The summed E-state index contributed by atoms with van der Waals surface area (Å²) in [5.74, 6) is 1.71. The number of benzene rings is 1. The molecule has 0 atom stereocenters. The fraction of sp³-hybridized carbons (Fsp3) is 0.438. The number of aromatic amines is 1. The van der Waals surface area contributed by atoms with Crippen LogP contribution in [0.5, 0.6) is 0 Å². The number of H-pyrrole nitrogens is 1.